The predicted octanol–water partition coefficient (Wildman–Crippen LogP) is 15.4. The van der Waals surface area contributed by atoms with Gasteiger partial charge in [0.2, 0.25) is 0 Å². The molecule has 0 amide bonds. The number of fused-ring (bicyclic) bond motifs is 7. The van der Waals surface area contributed by atoms with Crippen molar-refractivity contribution in [3.63, 3.8) is 0 Å². The highest BCUT2D eigenvalue weighted by Gasteiger charge is 2.20. The summed E-state index contributed by atoms with van der Waals surface area (Å²) in [7, 11) is 0. The van der Waals surface area contributed by atoms with Crippen LogP contribution in [0.4, 0.5) is 0 Å². The Bertz CT molecular complexity index is 2930. The summed E-state index contributed by atoms with van der Waals surface area (Å²) in [4.78, 5) is 0. The Hall–Kier alpha value is -6.64. The van der Waals surface area contributed by atoms with Crippen LogP contribution in [0.25, 0.3) is 88.4 Å². The summed E-state index contributed by atoms with van der Waals surface area (Å²) < 4.78 is 13.5. The zero-order chi connectivity index (χ0) is 37.3. The number of hydrogen-bond acceptors (Lipinski definition) is 2. The summed E-state index contributed by atoms with van der Waals surface area (Å²) in [5.74, 6) is 0. The summed E-state index contributed by atoms with van der Waals surface area (Å²) in [6.07, 6.45) is 2.45. The molecular formula is C53H42O2. The molecule has 0 radical (unpaired) electrons. The number of hydrogen-bond donors (Lipinski definition) is 0. The molecule has 0 unspecified atom stereocenters. The van der Waals surface area contributed by atoms with Crippen LogP contribution in [0.1, 0.15) is 30.0 Å². The van der Waals surface area contributed by atoms with E-state index < -0.39 is 0 Å². The molecule has 55 heavy (non-hydrogen) atoms. The van der Waals surface area contributed by atoms with Gasteiger partial charge in [-0.2, -0.15) is 0 Å². The van der Waals surface area contributed by atoms with Gasteiger partial charge in [-0.1, -0.05) is 165 Å². The number of para-hydroxylation sites is 2. The molecule has 2 heteroatoms. The second-order valence-corrected chi connectivity index (χ2v) is 14.4. The van der Waals surface area contributed by atoms with E-state index in [9.17, 15) is 0 Å². The van der Waals surface area contributed by atoms with Gasteiger partial charge in [0.25, 0.3) is 0 Å². The maximum absolute atomic E-state index is 6.81. The highest BCUT2D eigenvalue weighted by molar-refractivity contribution is 6.21. The van der Waals surface area contributed by atoms with Gasteiger partial charge in [0, 0.05) is 32.7 Å². The SMILES string of the molecule is CCCc1ccccc1.Cc1ccc(-c2ccccc2)cc1-c1cc(-c2cccc3c2oc2c3ccc3c4cccc(-c5ccccc5)c4oc32)ccc1C. The van der Waals surface area contributed by atoms with Gasteiger partial charge in [-0.3, -0.25) is 0 Å². The number of aryl methyl sites for hydroxylation is 3. The third kappa shape index (κ3) is 6.40. The van der Waals surface area contributed by atoms with Gasteiger partial charge in [-0.15, -0.1) is 0 Å². The van der Waals surface area contributed by atoms with E-state index in [1.54, 1.807) is 0 Å². The Morgan fingerprint density at radius 1 is 0.345 bits per heavy atom. The lowest BCUT2D eigenvalue weighted by atomic mass is 9.90. The van der Waals surface area contributed by atoms with Crippen LogP contribution in [0, 0.1) is 13.8 Å². The van der Waals surface area contributed by atoms with Crippen molar-refractivity contribution < 1.29 is 8.83 Å². The summed E-state index contributed by atoms with van der Waals surface area (Å²) in [5, 5.41) is 4.30. The van der Waals surface area contributed by atoms with Crippen molar-refractivity contribution >= 4 is 43.9 Å². The van der Waals surface area contributed by atoms with Crippen molar-refractivity contribution in [2.75, 3.05) is 0 Å². The van der Waals surface area contributed by atoms with E-state index in [-0.39, 0.29) is 0 Å². The number of rotatable bonds is 6. The van der Waals surface area contributed by atoms with E-state index in [4.69, 9.17) is 8.83 Å². The summed E-state index contributed by atoms with van der Waals surface area (Å²) >= 11 is 0. The Kier molecular flexibility index (Phi) is 9.09. The Labute approximate surface area is 322 Å². The third-order valence-corrected chi connectivity index (χ3v) is 10.8. The normalized spacial score (nSPS) is 11.3. The molecule has 0 spiro atoms. The fraction of sp³-hybridized carbons (Fsp3) is 0.0943. The molecule has 0 saturated carbocycles. The van der Waals surface area contributed by atoms with Gasteiger partial charge in [-0.05, 0) is 94.6 Å². The molecule has 10 rings (SSSR count). The largest absolute Gasteiger partial charge is 0.451 e. The average Bonchev–Trinajstić information content (AvgIpc) is 3.82. The van der Waals surface area contributed by atoms with E-state index in [1.807, 2.05) is 6.07 Å². The molecule has 8 aromatic carbocycles. The van der Waals surface area contributed by atoms with E-state index in [1.165, 1.54) is 51.8 Å². The summed E-state index contributed by atoms with van der Waals surface area (Å²) in [6.45, 7) is 6.59. The van der Waals surface area contributed by atoms with Gasteiger partial charge in [-0.25, -0.2) is 0 Å². The first-order chi connectivity index (χ1) is 27.1. The molecule has 0 N–H and O–H groups in total. The Morgan fingerprint density at radius 2 is 0.800 bits per heavy atom. The summed E-state index contributed by atoms with van der Waals surface area (Å²) in [5.41, 5.74) is 16.6. The van der Waals surface area contributed by atoms with Gasteiger partial charge in [0.15, 0.2) is 11.2 Å². The standard InChI is InChI=1S/C44H30O2.C9H12/c1-27-19-21-31(29-11-5-3-6-12-29)25-39(27)40-26-32(22-20-28(40)2)34-16-10-18-36-38-24-23-37-35-17-9-15-33(30-13-7-4-8-14-30)41(35)45-43(37)44(38)46-42(34)36;1-2-6-9-7-4-3-5-8-9/h3-26H,1-2H3;3-5,7-8H,2,6H2,1H3. The first-order valence-corrected chi connectivity index (χ1v) is 19.2. The molecular weight excluding hydrogens is 669 g/mol. The van der Waals surface area contributed by atoms with Crippen molar-refractivity contribution in [2.45, 2.75) is 33.6 Å². The first-order valence-electron chi connectivity index (χ1n) is 19.2. The number of benzene rings is 8. The lowest BCUT2D eigenvalue weighted by Gasteiger charge is -2.14. The monoisotopic (exact) mass is 710 g/mol. The van der Waals surface area contributed by atoms with Gasteiger partial charge in [0.05, 0.1) is 0 Å². The van der Waals surface area contributed by atoms with E-state index in [0.29, 0.717) is 0 Å². The molecule has 266 valence electrons. The van der Waals surface area contributed by atoms with Crippen molar-refractivity contribution in [2.24, 2.45) is 0 Å². The minimum absolute atomic E-state index is 0.786. The lowest BCUT2D eigenvalue weighted by Crippen LogP contribution is -1.90. The van der Waals surface area contributed by atoms with Crippen LogP contribution < -0.4 is 0 Å². The molecule has 0 saturated heterocycles. The molecule has 2 heterocycles. The molecule has 2 nitrogen and oxygen atoms in total. The molecule has 0 atom stereocenters. The average molecular weight is 711 g/mol. The highest BCUT2D eigenvalue weighted by Crippen LogP contribution is 2.44. The molecule has 0 fully saturated rings. The second-order valence-electron chi connectivity index (χ2n) is 14.4. The zero-order valence-corrected chi connectivity index (χ0v) is 31.5. The topological polar surface area (TPSA) is 26.3 Å². The summed E-state index contributed by atoms with van der Waals surface area (Å²) in [6, 6.07) is 62.2. The molecule has 0 aliphatic heterocycles. The van der Waals surface area contributed by atoms with Crippen LogP contribution in [0.15, 0.2) is 185 Å². The van der Waals surface area contributed by atoms with Crippen molar-refractivity contribution in [3.8, 4) is 44.5 Å². The minimum Gasteiger partial charge on any atom is -0.451 e. The van der Waals surface area contributed by atoms with E-state index >= 15 is 0 Å². The fourth-order valence-corrected chi connectivity index (χ4v) is 7.92. The van der Waals surface area contributed by atoms with Crippen molar-refractivity contribution in [1.29, 1.82) is 0 Å². The van der Waals surface area contributed by atoms with Crippen LogP contribution in [0.5, 0.6) is 0 Å². The van der Waals surface area contributed by atoms with Crippen molar-refractivity contribution in [1.82, 2.24) is 0 Å². The van der Waals surface area contributed by atoms with Crippen molar-refractivity contribution in [3.05, 3.63) is 193 Å². The van der Waals surface area contributed by atoms with Gasteiger partial charge < -0.3 is 8.83 Å². The number of furan rings is 2. The molecule has 0 aliphatic rings. The van der Waals surface area contributed by atoms with Gasteiger partial charge in [0.1, 0.15) is 11.2 Å². The first kappa shape index (κ1) is 34.1. The lowest BCUT2D eigenvalue weighted by molar-refractivity contribution is 0.634. The quantitative estimate of drug-likeness (QED) is 0.172. The van der Waals surface area contributed by atoms with E-state index in [2.05, 4.69) is 191 Å². The Morgan fingerprint density at radius 3 is 1.35 bits per heavy atom. The third-order valence-electron chi connectivity index (χ3n) is 10.8. The molecule has 0 bridgehead atoms. The van der Waals surface area contributed by atoms with Crippen LogP contribution in [-0.2, 0) is 6.42 Å². The minimum atomic E-state index is 0.786. The van der Waals surface area contributed by atoms with Gasteiger partial charge >= 0.3 is 0 Å². The van der Waals surface area contributed by atoms with Crippen LogP contribution in [0.3, 0.4) is 0 Å². The maximum Gasteiger partial charge on any atom is 0.178 e. The Balaban J connectivity index is 0.000000390. The van der Waals surface area contributed by atoms with Crippen LogP contribution in [-0.4, -0.2) is 0 Å². The molecule has 0 aliphatic carbocycles. The maximum atomic E-state index is 6.81. The van der Waals surface area contributed by atoms with Crippen LogP contribution in [0.2, 0.25) is 0 Å². The van der Waals surface area contributed by atoms with Crippen LogP contribution >= 0.6 is 0 Å². The predicted molar refractivity (Wildman–Crippen MR) is 233 cm³/mol. The highest BCUT2D eigenvalue weighted by atomic mass is 16.4. The zero-order valence-electron chi connectivity index (χ0n) is 31.5. The fourth-order valence-electron chi connectivity index (χ4n) is 7.92. The second kappa shape index (κ2) is 14.6. The smallest absolute Gasteiger partial charge is 0.178 e. The molecule has 2 aromatic heterocycles. The molecule has 10 aromatic rings. The van der Waals surface area contributed by atoms with E-state index in [0.717, 1.165) is 66.1 Å².